The summed E-state index contributed by atoms with van der Waals surface area (Å²) in [6.45, 7) is 0.0181. The monoisotopic (exact) mass is 501 g/mol. The maximum atomic E-state index is 13.1. The van der Waals surface area contributed by atoms with E-state index in [9.17, 15) is 36.5 Å². The van der Waals surface area contributed by atoms with Gasteiger partial charge in [0.15, 0.2) is 4.90 Å². The first-order valence-corrected chi connectivity index (χ1v) is 11.5. The zero-order valence-corrected chi connectivity index (χ0v) is 18.2. The number of rotatable bonds is 5. The van der Waals surface area contributed by atoms with E-state index in [1.54, 1.807) is 12.1 Å². The van der Waals surface area contributed by atoms with Crippen molar-refractivity contribution in [2.75, 3.05) is 18.0 Å². The molecule has 0 saturated carbocycles. The molecule has 4 rings (SSSR count). The fraction of sp³-hybridized carbons (Fsp3) is 0.350. The molecular formula is C20H18F3N3O7S. The first-order chi connectivity index (χ1) is 16.0. The van der Waals surface area contributed by atoms with E-state index in [1.165, 1.54) is 4.90 Å². The van der Waals surface area contributed by atoms with E-state index in [0.29, 0.717) is 17.8 Å². The Bertz CT molecular complexity index is 1230. The Balaban J connectivity index is 1.55. The van der Waals surface area contributed by atoms with Crippen molar-refractivity contribution in [1.82, 2.24) is 4.31 Å². The van der Waals surface area contributed by atoms with Gasteiger partial charge in [0.1, 0.15) is 12.4 Å². The van der Waals surface area contributed by atoms with Crippen molar-refractivity contribution < 1.29 is 40.8 Å². The van der Waals surface area contributed by atoms with Gasteiger partial charge in [-0.25, -0.2) is 13.2 Å². The number of halogens is 3. The van der Waals surface area contributed by atoms with Crippen LogP contribution in [0.5, 0.6) is 5.75 Å². The van der Waals surface area contributed by atoms with E-state index in [0.717, 1.165) is 15.9 Å². The van der Waals surface area contributed by atoms with Crippen LogP contribution in [0.4, 0.5) is 29.3 Å². The molecule has 0 N–H and O–H groups in total. The normalized spacial score (nSPS) is 17.7. The predicted molar refractivity (Wildman–Crippen MR) is 111 cm³/mol. The molecule has 34 heavy (non-hydrogen) atoms. The molecule has 1 fully saturated rings. The summed E-state index contributed by atoms with van der Waals surface area (Å²) in [5.41, 5.74) is 0.460. The highest BCUT2D eigenvalue weighted by molar-refractivity contribution is 7.89. The highest BCUT2D eigenvalue weighted by atomic mass is 32.2. The number of sulfonamides is 1. The van der Waals surface area contributed by atoms with Crippen LogP contribution in [0.25, 0.3) is 0 Å². The summed E-state index contributed by atoms with van der Waals surface area (Å²) >= 11 is 0. The minimum absolute atomic E-state index is 0.0586. The van der Waals surface area contributed by atoms with Gasteiger partial charge in [-0.15, -0.1) is 13.2 Å². The van der Waals surface area contributed by atoms with E-state index in [1.807, 2.05) is 12.1 Å². The van der Waals surface area contributed by atoms with Crippen LogP contribution >= 0.6 is 0 Å². The number of anilines is 1. The molecule has 2 aliphatic rings. The van der Waals surface area contributed by atoms with Crippen molar-refractivity contribution in [1.29, 1.82) is 0 Å². The van der Waals surface area contributed by atoms with Crippen LogP contribution in [0.3, 0.4) is 0 Å². The van der Waals surface area contributed by atoms with E-state index < -0.39 is 43.7 Å². The number of ether oxygens (including phenoxy) is 2. The van der Waals surface area contributed by atoms with Gasteiger partial charge in [0.2, 0.25) is 10.0 Å². The number of carbonyl (C=O) groups is 1. The number of benzene rings is 2. The molecule has 0 aliphatic carbocycles. The van der Waals surface area contributed by atoms with Crippen LogP contribution in [0.15, 0.2) is 47.4 Å². The molecule has 182 valence electrons. The molecule has 1 saturated heterocycles. The minimum Gasteiger partial charge on any atom is -0.444 e. The number of nitrogens with zero attached hydrogens (tertiary/aromatic N) is 3. The summed E-state index contributed by atoms with van der Waals surface area (Å²) < 4.78 is 73.5. The van der Waals surface area contributed by atoms with Gasteiger partial charge in [-0.2, -0.15) is 4.31 Å². The standard InChI is InChI=1S/C20H18F3N3O7S/c21-20(22,23)33-15-5-6-18(17(11-15)26(28)29)34(30,31)24-9-7-14(8-10-24)25-16-4-2-1-3-13(16)12-32-19(25)27/h1-6,11,14H,7-10,12H2. The molecule has 2 aliphatic heterocycles. The number of hydrogen-bond donors (Lipinski definition) is 0. The average Bonchev–Trinajstić information content (AvgIpc) is 2.78. The topological polar surface area (TPSA) is 119 Å². The summed E-state index contributed by atoms with van der Waals surface area (Å²) in [5.74, 6) is -0.904. The molecule has 1 amide bonds. The summed E-state index contributed by atoms with van der Waals surface area (Å²) in [5, 5.41) is 11.4. The first kappa shape index (κ1) is 23.8. The van der Waals surface area contributed by atoms with Crippen molar-refractivity contribution >= 4 is 27.5 Å². The Morgan fingerprint density at radius 2 is 1.79 bits per heavy atom. The molecule has 2 aromatic carbocycles. The molecule has 0 aromatic heterocycles. The van der Waals surface area contributed by atoms with Gasteiger partial charge >= 0.3 is 12.5 Å². The number of piperidine rings is 1. The van der Waals surface area contributed by atoms with Crippen molar-refractivity contribution in [3.05, 3.63) is 58.1 Å². The number of carbonyl (C=O) groups excluding carboxylic acids is 1. The lowest BCUT2D eigenvalue weighted by Crippen LogP contribution is -2.50. The maximum Gasteiger partial charge on any atom is 0.573 e. The Morgan fingerprint density at radius 3 is 2.44 bits per heavy atom. The molecule has 0 unspecified atom stereocenters. The Hall–Kier alpha value is -3.39. The second-order valence-electron chi connectivity index (χ2n) is 7.62. The number of nitro benzene ring substituents is 1. The molecule has 0 spiro atoms. The van der Waals surface area contributed by atoms with Gasteiger partial charge in [0.25, 0.3) is 5.69 Å². The van der Waals surface area contributed by atoms with Crippen LogP contribution in [0.2, 0.25) is 0 Å². The van der Waals surface area contributed by atoms with Crippen molar-refractivity contribution in [2.24, 2.45) is 0 Å². The van der Waals surface area contributed by atoms with Crippen molar-refractivity contribution in [3.63, 3.8) is 0 Å². The minimum atomic E-state index is -5.09. The number of alkyl halides is 3. The van der Waals surface area contributed by atoms with Crippen LogP contribution in [-0.2, 0) is 21.4 Å². The van der Waals surface area contributed by atoms with E-state index >= 15 is 0 Å². The average molecular weight is 501 g/mol. The van der Waals surface area contributed by atoms with Gasteiger partial charge in [-0.3, -0.25) is 15.0 Å². The largest absolute Gasteiger partial charge is 0.573 e. The number of cyclic esters (lactones) is 1. The Morgan fingerprint density at radius 1 is 1.12 bits per heavy atom. The fourth-order valence-corrected chi connectivity index (χ4v) is 5.66. The van der Waals surface area contributed by atoms with E-state index in [2.05, 4.69) is 4.74 Å². The first-order valence-electron chi connectivity index (χ1n) is 10.1. The highest BCUT2D eigenvalue weighted by Crippen LogP contribution is 2.36. The quantitative estimate of drug-likeness (QED) is 0.452. The van der Waals surface area contributed by atoms with Crippen LogP contribution in [-0.4, -0.2) is 49.2 Å². The molecule has 2 heterocycles. The molecule has 14 heteroatoms. The number of fused-ring (bicyclic) bond motifs is 1. The summed E-state index contributed by atoms with van der Waals surface area (Å²) in [4.78, 5) is 23.5. The van der Waals surface area contributed by atoms with Gasteiger partial charge in [0, 0.05) is 24.7 Å². The Labute approximate surface area is 191 Å². The Kier molecular flexibility index (Phi) is 6.12. The van der Waals surface area contributed by atoms with Crippen molar-refractivity contribution in [2.45, 2.75) is 36.7 Å². The summed E-state index contributed by atoms with van der Waals surface area (Å²) in [7, 11) is -4.41. The lowest BCUT2D eigenvalue weighted by Gasteiger charge is -2.39. The zero-order valence-electron chi connectivity index (χ0n) is 17.4. The van der Waals surface area contributed by atoms with Gasteiger partial charge in [0.05, 0.1) is 16.7 Å². The lowest BCUT2D eigenvalue weighted by atomic mass is 10.0. The second-order valence-corrected chi connectivity index (χ2v) is 9.53. The van der Waals surface area contributed by atoms with Gasteiger partial charge < -0.3 is 9.47 Å². The van der Waals surface area contributed by atoms with Crippen LogP contribution in [0, 0.1) is 10.1 Å². The summed E-state index contributed by atoms with van der Waals surface area (Å²) in [6, 6.07) is 8.66. The van der Waals surface area contributed by atoms with E-state index in [4.69, 9.17) is 4.74 Å². The summed E-state index contributed by atoms with van der Waals surface area (Å²) in [6.07, 6.45) is -5.18. The molecule has 0 atom stereocenters. The number of hydrogen-bond acceptors (Lipinski definition) is 7. The molecule has 0 bridgehead atoms. The number of amides is 1. The predicted octanol–water partition coefficient (Wildman–Crippen LogP) is 3.80. The molecule has 2 aromatic rings. The SMILES string of the molecule is O=C1OCc2ccccc2N1C1CCN(S(=O)(=O)c2ccc(OC(F)(F)F)cc2[N+](=O)[O-])CC1. The van der Waals surface area contributed by atoms with E-state index in [-0.39, 0.29) is 38.6 Å². The lowest BCUT2D eigenvalue weighted by molar-refractivity contribution is -0.388. The molecular weight excluding hydrogens is 483 g/mol. The second kappa shape index (κ2) is 8.76. The van der Waals surface area contributed by atoms with Gasteiger partial charge in [-0.1, -0.05) is 18.2 Å². The third-order valence-corrected chi connectivity index (χ3v) is 7.51. The molecule has 0 radical (unpaired) electrons. The molecule has 10 nitrogen and oxygen atoms in total. The van der Waals surface area contributed by atoms with Crippen LogP contribution in [0.1, 0.15) is 18.4 Å². The third-order valence-electron chi connectivity index (χ3n) is 5.57. The zero-order chi connectivity index (χ0) is 24.7. The maximum absolute atomic E-state index is 13.1. The number of nitro groups is 1. The smallest absolute Gasteiger partial charge is 0.444 e. The van der Waals surface area contributed by atoms with Crippen LogP contribution < -0.4 is 9.64 Å². The third kappa shape index (κ3) is 4.63. The fourth-order valence-electron chi connectivity index (χ4n) is 4.06. The number of para-hydroxylation sites is 1. The van der Waals surface area contributed by atoms with Crippen molar-refractivity contribution in [3.8, 4) is 5.75 Å². The van der Waals surface area contributed by atoms with Gasteiger partial charge in [-0.05, 0) is 31.0 Å². The highest BCUT2D eigenvalue weighted by Gasteiger charge is 2.39.